The molecule has 1 aliphatic rings. The summed E-state index contributed by atoms with van der Waals surface area (Å²) in [6, 6.07) is 8.00. The van der Waals surface area contributed by atoms with E-state index in [1.165, 1.54) is 12.1 Å². The maximum atomic E-state index is 11.6. The van der Waals surface area contributed by atoms with E-state index in [1.54, 1.807) is 18.2 Å². The van der Waals surface area contributed by atoms with Gasteiger partial charge in [0.25, 0.3) is 12.0 Å². The number of benzene rings is 1. The van der Waals surface area contributed by atoms with Crippen LogP contribution in [0.15, 0.2) is 30.3 Å². The summed E-state index contributed by atoms with van der Waals surface area (Å²) in [5.74, 6) is -2.36. The van der Waals surface area contributed by atoms with Crippen LogP contribution in [0.4, 0.5) is 10.5 Å². The highest BCUT2D eigenvalue weighted by molar-refractivity contribution is 6.24. The Morgan fingerprint density at radius 3 is 2.38 bits per heavy atom. The van der Waals surface area contributed by atoms with Crippen LogP contribution in [0.1, 0.15) is 0 Å². The Morgan fingerprint density at radius 1 is 1.25 bits per heavy atom. The number of carbonyl (C=O) groups is 3. The Balaban J connectivity index is 2.34. The molecular formula is C10H7NO5. The summed E-state index contributed by atoms with van der Waals surface area (Å²) in [5.41, 5.74) is 0.293. The SMILES string of the molecule is O=C(O)C1OC(=O)N(c2ccccc2)C1=O. The van der Waals surface area contributed by atoms with E-state index in [1.807, 2.05) is 0 Å². The molecule has 6 nitrogen and oxygen atoms in total. The molecule has 2 rings (SSSR count). The van der Waals surface area contributed by atoms with Crippen LogP contribution in [-0.2, 0) is 14.3 Å². The number of cyclic esters (lactones) is 1. The molecule has 1 saturated heterocycles. The first-order chi connectivity index (χ1) is 7.61. The van der Waals surface area contributed by atoms with Crippen LogP contribution in [0.25, 0.3) is 0 Å². The number of nitrogens with zero attached hydrogens (tertiary/aromatic N) is 1. The van der Waals surface area contributed by atoms with Crippen LogP contribution in [-0.4, -0.2) is 29.2 Å². The van der Waals surface area contributed by atoms with E-state index in [-0.39, 0.29) is 0 Å². The van der Waals surface area contributed by atoms with E-state index < -0.39 is 24.1 Å². The number of para-hydroxylation sites is 1. The number of aliphatic carboxylic acids is 1. The second-order valence-electron chi connectivity index (χ2n) is 3.11. The summed E-state index contributed by atoms with van der Waals surface area (Å²) in [6.07, 6.45) is -2.71. The number of rotatable bonds is 2. The van der Waals surface area contributed by atoms with Crippen molar-refractivity contribution in [2.45, 2.75) is 6.10 Å². The third-order valence-corrected chi connectivity index (χ3v) is 2.08. The first-order valence-corrected chi connectivity index (χ1v) is 4.43. The highest BCUT2D eigenvalue weighted by atomic mass is 16.6. The van der Waals surface area contributed by atoms with Crippen molar-refractivity contribution in [2.75, 3.05) is 4.90 Å². The molecule has 2 amide bonds. The molecule has 1 N–H and O–H groups in total. The molecule has 1 atom stereocenters. The Kier molecular flexibility index (Phi) is 2.32. The molecule has 0 aromatic heterocycles. The number of amides is 2. The van der Waals surface area contributed by atoms with Crippen molar-refractivity contribution in [2.24, 2.45) is 0 Å². The quantitative estimate of drug-likeness (QED) is 0.740. The van der Waals surface area contributed by atoms with Crippen LogP contribution in [0.2, 0.25) is 0 Å². The van der Waals surface area contributed by atoms with Gasteiger partial charge in [-0.3, -0.25) is 4.79 Å². The van der Waals surface area contributed by atoms with Crippen LogP contribution < -0.4 is 4.90 Å². The van der Waals surface area contributed by atoms with Crippen molar-refractivity contribution in [1.82, 2.24) is 0 Å². The van der Waals surface area contributed by atoms with E-state index in [9.17, 15) is 14.4 Å². The number of hydrogen-bond donors (Lipinski definition) is 1. The lowest BCUT2D eigenvalue weighted by atomic mass is 10.2. The van der Waals surface area contributed by atoms with Gasteiger partial charge in [0.1, 0.15) is 0 Å². The molecule has 0 spiro atoms. The third-order valence-electron chi connectivity index (χ3n) is 2.08. The normalized spacial score (nSPS) is 19.8. The minimum absolute atomic E-state index is 0.293. The van der Waals surface area contributed by atoms with E-state index in [4.69, 9.17) is 5.11 Å². The number of carboxylic acids is 1. The number of ether oxygens (including phenoxy) is 1. The fourth-order valence-corrected chi connectivity index (χ4v) is 1.38. The molecule has 1 aromatic carbocycles. The molecular weight excluding hydrogens is 214 g/mol. The Labute approximate surface area is 90.0 Å². The lowest BCUT2D eigenvalue weighted by molar-refractivity contribution is -0.149. The van der Waals surface area contributed by atoms with Gasteiger partial charge in [0.2, 0.25) is 0 Å². The molecule has 82 valence electrons. The highest BCUT2D eigenvalue weighted by Gasteiger charge is 2.46. The number of carbonyl (C=O) groups excluding carboxylic acids is 2. The van der Waals surface area contributed by atoms with Gasteiger partial charge < -0.3 is 9.84 Å². The Bertz CT molecular complexity index is 456. The van der Waals surface area contributed by atoms with E-state index in [0.29, 0.717) is 10.6 Å². The summed E-state index contributed by atoms with van der Waals surface area (Å²) in [5, 5.41) is 8.64. The minimum Gasteiger partial charge on any atom is -0.478 e. The van der Waals surface area contributed by atoms with E-state index in [0.717, 1.165) is 0 Å². The summed E-state index contributed by atoms with van der Waals surface area (Å²) in [4.78, 5) is 34.2. The standard InChI is InChI=1S/C10H7NO5/c12-8-7(9(13)14)16-10(15)11(8)6-4-2-1-3-5-6/h1-5,7H,(H,13,14). The van der Waals surface area contributed by atoms with Crippen molar-refractivity contribution in [1.29, 1.82) is 0 Å². The number of hydrogen-bond acceptors (Lipinski definition) is 4. The molecule has 0 radical (unpaired) electrons. The fourth-order valence-electron chi connectivity index (χ4n) is 1.38. The predicted octanol–water partition coefficient (Wildman–Crippen LogP) is 0.623. The lowest BCUT2D eigenvalue weighted by Crippen LogP contribution is -2.34. The van der Waals surface area contributed by atoms with Gasteiger partial charge in [0.05, 0.1) is 5.69 Å². The molecule has 0 aliphatic carbocycles. The maximum Gasteiger partial charge on any atom is 0.422 e. The number of carboxylic acid groups (broad SMARTS) is 1. The van der Waals surface area contributed by atoms with Gasteiger partial charge in [-0.25, -0.2) is 14.5 Å². The lowest BCUT2D eigenvalue weighted by Gasteiger charge is -2.09. The van der Waals surface area contributed by atoms with Gasteiger partial charge in [0, 0.05) is 0 Å². The van der Waals surface area contributed by atoms with Gasteiger partial charge >= 0.3 is 12.1 Å². The minimum atomic E-state index is -1.74. The molecule has 1 unspecified atom stereocenters. The van der Waals surface area contributed by atoms with Crippen molar-refractivity contribution in [3.63, 3.8) is 0 Å². The average Bonchev–Trinajstić information content (AvgIpc) is 2.56. The summed E-state index contributed by atoms with van der Waals surface area (Å²) >= 11 is 0. The van der Waals surface area contributed by atoms with Crippen LogP contribution in [0.5, 0.6) is 0 Å². The second kappa shape index (κ2) is 3.65. The van der Waals surface area contributed by atoms with Crippen molar-refractivity contribution in [3.8, 4) is 0 Å². The first kappa shape index (κ1) is 10.2. The summed E-state index contributed by atoms with van der Waals surface area (Å²) in [7, 11) is 0. The molecule has 16 heavy (non-hydrogen) atoms. The zero-order chi connectivity index (χ0) is 11.7. The van der Waals surface area contributed by atoms with Crippen LogP contribution in [0, 0.1) is 0 Å². The van der Waals surface area contributed by atoms with Crippen LogP contribution in [0.3, 0.4) is 0 Å². The largest absolute Gasteiger partial charge is 0.478 e. The molecule has 0 saturated carbocycles. The van der Waals surface area contributed by atoms with Gasteiger partial charge in [-0.2, -0.15) is 0 Å². The number of imide groups is 1. The van der Waals surface area contributed by atoms with Crippen LogP contribution >= 0.6 is 0 Å². The molecule has 0 bridgehead atoms. The molecule has 1 fully saturated rings. The van der Waals surface area contributed by atoms with Gasteiger partial charge in [-0.05, 0) is 12.1 Å². The monoisotopic (exact) mass is 221 g/mol. The predicted molar refractivity (Wildman–Crippen MR) is 51.8 cm³/mol. The van der Waals surface area contributed by atoms with Gasteiger partial charge in [-0.15, -0.1) is 0 Å². The average molecular weight is 221 g/mol. The summed E-state index contributed by atoms with van der Waals surface area (Å²) < 4.78 is 4.44. The second-order valence-corrected chi connectivity index (χ2v) is 3.11. The van der Waals surface area contributed by atoms with E-state index >= 15 is 0 Å². The van der Waals surface area contributed by atoms with Crippen molar-refractivity contribution in [3.05, 3.63) is 30.3 Å². The summed E-state index contributed by atoms with van der Waals surface area (Å²) in [6.45, 7) is 0. The molecule has 1 aliphatic heterocycles. The number of anilines is 1. The smallest absolute Gasteiger partial charge is 0.422 e. The fraction of sp³-hybridized carbons (Fsp3) is 0.100. The Morgan fingerprint density at radius 2 is 1.88 bits per heavy atom. The highest BCUT2D eigenvalue weighted by Crippen LogP contribution is 2.22. The first-order valence-electron chi connectivity index (χ1n) is 4.43. The van der Waals surface area contributed by atoms with E-state index in [2.05, 4.69) is 4.74 Å². The van der Waals surface area contributed by atoms with Gasteiger partial charge in [-0.1, -0.05) is 18.2 Å². The third kappa shape index (κ3) is 1.50. The maximum absolute atomic E-state index is 11.6. The molecule has 1 heterocycles. The topological polar surface area (TPSA) is 83.9 Å². The molecule has 1 aromatic rings. The van der Waals surface area contributed by atoms with Gasteiger partial charge in [0.15, 0.2) is 0 Å². The Hall–Kier alpha value is -2.37. The van der Waals surface area contributed by atoms with Crippen molar-refractivity contribution >= 4 is 23.7 Å². The molecule has 6 heteroatoms. The zero-order valence-electron chi connectivity index (χ0n) is 7.99. The zero-order valence-corrected chi connectivity index (χ0v) is 7.99. The van der Waals surface area contributed by atoms with Crippen molar-refractivity contribution < 1.29 is 24.2 Å².